The molecule has 0 radical (unpaired) electrons. The van der Waals surface area contributed by atoms with Crippen molar-refractivity contribution in [2.24, 2.45) is 17.8 Å². The summed E-state index contributed by atoms with van der Waals surface area (Å²) in [5, 5.41) is 11.0. The van der Waals surface area contributed by atoms with Gasteiger partial charge in [-0.1, -0.05) is 55.5 Å². The number of ketones is 1. The molecule has 4 rings (SSSR count). The molecular weight excluding hydrogens is 358 g/mol. The van der Waals surface area contributed by atoms with Crippen LogP contribution in [0.3, 0.4) is 0 Å². The minimum Gasteiger partial charge on any atom is -0.452 e. The quantitative estimate of drug-likeness (QED) is 0.448. The van der Waals surface area contributed by atoms with Crippen molar-refractivity contribution in [2.75, 3.05) is 6.54 Å². The van der Waals surface area contributed by atoms with E-state index in [1.165, 1.54) is 0 Å². The average molecular weight is 379 g/mol. The first kappa shape index (κ1) is 18.3. The third-order valence-corrected chi connectivity index (χ3v) is 5.96. The summed E-state index contributed by atoms with van der Waals surface area (Å²) in [5.41, 5.74) is 3.91. The minimum atomic E-state index is -0.639. The zero-order valence-corrected chi connectivity index (χ0v) is 15.5. The van der Waals surface area contributed by atoms with Crippen molar-refractivity contribution in [3.05, 3.63) is 69.8 Å². The van der Waals surface area contributed by atoms with Crippen LogP contribution < -0.4 is 0 Å². The molecule has 0 N–H and O–H groups in total. The lowest BCUT2D eigenvalue weighted by molar-refractivity contribution is -0.490. The average Bonchev–Trinajstić information content (AvgIpc) is 3.11. The van der Waals surface area contributed by atoms with Gasteiger partial charge < -0.3 is 4.74 Å². The topological polar surface area (TPSA) is 86.5 Å². The summed E-state index contributed by atoms with van der Waals surface area (Å²) in [4.78, 5) is 35.6. The molecule has 2 aliphatic rings. The number of nitro groups is 1. The molecule has 144 valence electrons. The number of hydrogen-bond acceptors (Lipinski definition) is 5. The third kappa shape index (κ3) is 3.19. The van der Waals surface area contributed by atoms with E-state index in [9.17, 15) is 19.7 Å². The van der Waals surface area contributed by atoms with Crippen LogP contribution in [0.4, 0.5) is 0 Å². The number of ether oxygens (including phenoxy) is 1. The molecule has 0 spiro atoms. The second-order valence-corrected chi connectivity index (χ2v) is 7.68. The second-order valence-electron chi connectivity index (χ2n) is 7.68. The Balaban J connectivity index is 1.54. The fourth-order valence-electron chi connectivity index (χ4n) is 4.60. The Morgan fingerprint density at radius 1 is 1.11 bits per heavy atom. The van der Waals surface area contributed by atoms with E-state index in [1.807, 2.05) is 55.5 Å². The summed E-state index contributed by atoms with van der Waals surface area (Å²) in [5.74, 6) is -1.72. The molecular formula is C22H21NO5. The smallest absolute Gasteiger partial charge is 0.307 e. The standard InChI is InChI=1S/C22H21NO5/c1-13-10-20(24)18(19(13)12-23(26)27)11-21(25)28-22-16-8-4-2-6-14(16)15-7-3-5-9-17(15)22/h2-9,13,18-19,22H,10-12H2,1H3/t13-,18+,19-/m1/s1. The number of esters is 1. The fourth-order valence-corrected chi connectivity index (χ4v) is 4.60. The van der Waals surface area contributed by atoms with E-state index in [0.29, 0.717) is 0 Å². The maximum atomic E-state index is 12.7. The van der Waals surface area contributed by atoms with Gasteiger partial charge in [0.05, 0.1) is 6.42 Å². The summed E-state index contributed by atoms with van der Waals surface area (Å²) in [6, 6.07) is 15.6. The highest BCUT2D eigenvalue weighted by Gasteiger charge is 2.44. The molecule has 2 aliphatic carbocycles. The highest BCUT2D eigenvalue weighted by molar-refractivity contribution is 5.88. The van der Waals surface area contributed by atoms with Gasteiger partial charge in [-0.15, -0.1) is 0 Å². The van der Waals surface area contributed by atoms with Crippen LogP contribution in [0, 0.1) is 27.9 Å². The lowest BCUT2D eigenvalue weighted by Crippen LogP contribution is -2.27. The molecule has 6 heteroatoms. The number of rotatable bonds is 5. The highest BCUT2D eigenvalue weighted by Crippen LogP contribution is 2.45. The molecule has 2 aromatic rings. The van der Waals surface area contributed by atoms with Crippen LogP contribution in [0.2, 0.25) is 0 Å². The summed E-state index contributed by atoms with van der Waals surface area (Å²) in [6.45, 7) is 1.54. The predicted molar refractivity (Wildman–Crippen MR) is 102 cm³/mol. The Hall–Kier alpha value is -3.02. The van der Waals surface area contributed by atoms with Crippen LogP contribution in [0.5, 0.6) is 0 Å². The van der Waals surface area contributed by atoms with Gasteiger partial charge in [0.1, 0.15) is 5.78 Å². The van der Waals surface area contributed by atoms with Crippen LogP contribution >= 0.6 is 0 Å². The summed E-state index contributed by atoms with van der Waals surface area (Å²) in [7, 11) is 0. The Labute approximate surface area is 162 Å². The van der Waals surface area contributed by atoms with E-state index < -0.39 is 28.8 Å². The van der Waals surface area contributed by atoms with E-state index in [1.54, 1.807) is 0 Å². The normalized spacial score (nSPS) is 23.3. The van der Waals surface area contributed by atoms with Gasteiger partial charge in [0.2, 0.25) is 6.54 Å². The number of fused-ring (bicyclic) bond motifs is 3. The van der Waals surface area contributed by atoms with Crippen molar-refractivity contribution in [3.8, 4) is 11.1 Å². The van der Waals surface area contributed by atoms with E-state index in [0.717, 1.165) is 22.3 Å². The first-order valence-electron chi connectivity index (χ1n) is 9.48. The van der Waals surface area contributed by atoms with Gasteiger partial charge in [0, 0.05) is 34.3 Å². The van der Waals surface area contributed by atoms with Crippen LogP contribution in [-0.4, -0.2) is 23.2 Å². The molecule has 1 saturated carbocycles. The molecule has 0 bridgehead atoms. The molecule has 1 fully saturated rings. The van der Waals surface area contributed by atoms with E-state index in [-0.39, 0.29) is 31.1 Å². The SMILES string of the molecule is C[C@@H]1CC(=O)[C@@H](CC(=O)OC2c3ccccc3-c3ccccc32)[C@@H]1C[N+](=O)[O-]. The van der Waals surface area contributed by atoms with Crippen molar-refractivity contribution < 1.29 is 19.2 Å². The molecule has 0 saturated heterocycles. The number of carbonyl (C=O) groups excluding carboxylic acids is 2. The Kier molecular flexibility index (Phi) is 4.71. The van der Waals surface area contributed by atoms with Gasteiger partial charge in [-0.05, 0) is 17.0 Å². The molecule has 0 unspecified atom stereocenters. The van der Waals surface area contributed by atoms with Crippen LogP contribution in [-0.2, 0) is 14.3 Å². The first-order chi connectivity index (χ1) is 13.5. The second kappa shape index (κ2) is 7.19. The largest absolute Gasteiger partial charge is 0.452 e. The lowest BCUT2D eigenvalue weighted by atomic mass is 9.88. The van der Waals surface area contributed by atoms with Gasteiger partial charge in [-0.25, -0.2) is 0 Å². The van der Waals surface area contributed by atoms with E-state index in [2.05, 4.69) is 0 Å². The third-order valence-electron chi connectivity index (χ3n) is 5.96. The molecule has 3 atom stereocenters. The maximum absolute atomic E-state index is 12.7. The van der Waals surface area contributed by atoms with Crippen LogP contribution in [0.1, 0.15) is 37.0 Å². The van der Waals surface area contributed by atoms with Crippen molar-refractivity contribution in [2.45, 2.75) is 25.9 Å². The number of carbonyl (C=O) groups is 2. The summed E-state index contributed by atoms with van der Waals surface area (Å²) >= 11 is 0. The van der Waals surface area contributed by atoms with Crippen molar-refractivity contribution in [1.29, 1.82) is 0 Å². The van der Waals surface area contributed by atoms with E-state index >= 15 is 0 Å². The van der Waals surface area contributed by atoms with Gasteiger partial charge in [0.15, 0.2) is 6.10 Å². The van der Waals surface area contributed by atoms with Gasteiger partial charge in [0.25, 0.3) is 0 Å². The predicted octanol–water partition coefficient (Wildman–Crippen LogP) is 3.81. The highest BCUT2D eigenvalue weighted by atomic mass is 16.6. The molecule has 0 aromatic heterocycles. The van der Waals surface area contributed by atoms with Crippen molar-refractivity contribution in [3.63, 3.8) is 0 Å². The molecule has 2 aromatic carbocycles. The Morgan fingerprint density at radius 3 is 2.25 bits per heavy atom. The van der Waals surface area contributed by atoms with Crippen molar-refractivity contribution in [1.82, 2.24) is 0 Å². The van der Waals surface area contributed by atoms with E-state index in [4.69, 9.17) is 4.74 Å². The van der Waals surface area contributed by atoms with Crippen LogP contribution in [0.25, 0.3) is 11.1 Å². The molecule has 6 nitrogen and oxygen atoms in total. The minimum absolute atomic E-state index is 0.0801. The molecule has 28 heavy (non-hydrogen) atoms. The Morgan fingerprint density at radius 2 is 1.68 bits per heavy atom. The lowest BCUT2D eigenvalue weighted by Gasteiger charge is -2.19. The van der Waals surface area contributed by atoms with Gasteiger partial charge >= 0.3 is 5.97 Å². The fraction of sp³-hybridized carbons (Fsp3) is 0.364. The number of benzene rings is 2. The van der Waals surface area contributed by atoms with Crippen molar-refractivity contribution >= 4 is 11.8 Å². The van der Waals surface area contributed by atoms with Gasteiger partial charge in [-0.2, -0.15) is 0 Å². The zero-order chi connectivity index (χ0) is 19.8. The monoisotopic (exact) mass is 379 g/mol. The number of Topliss-reactive ketones (excluding diaryl/α,β-unsaturated/α-hetero) is 1. The molecule has 0 amide bonds. The van der Waals surface area contributed by atoms with Gasteiger partial charge in [-0.3, -0.25) is 19.7 Å². The maximum Gasteiger partial charge on any atom is 0.307 e. The number of nitrogens with zero attached hydrogens (tertiary/aromatic N) is 1. The van der Waals surface area contributed by atoms with Crippen LogP contribution in [0.15, 0.2) is 48.5 Å². The molecule has 0 aliphatic heterocycles. The number of hydrogen-bond donors (Lipinski definition) is 0. The Bertz CT molecular complexity index is 908. The molecule has 0 heterocycles. The summed E-state index contributed by atoms with van der Waals surface area (Å²) in [6.07, 6.45) is -0.337. The zero-order valence-electron chi connectivity index (χ0n) is 15.5. The summed E-state index contributed by atoms with van der Waals surface area (Å²) < 4.78 is 5.80. The first-order valence-corrected chi connectivity index (χ1v) is 9.48.